The predicted molar refractivity (Wildman–Crippen MR) is 115 cm³/mol. The van der Waals surface area contributed by atoms with Crippen LogP contribution in [0.2, 0.25) is 5.02 Å². The van der Waals surface area contributed by atoms with Gasteiger partial charge in [-0.3, -0.25) is 0 Å². The number of anilines is 1. The zero-order chi connectivity index (χ0) is 21.2. The quantitative estimate of drug-likeness (QED) is 0.552. The van der Waals surface area contributed by atoms with Crippen LogP contribution in [0.15, 0.2) is 62.8 Å². The first-order chi connectivity index (χ1) is 13.6. The van der Waals surface area contributed by atoms with E-state index < -0.39 is 19.7 Å². The maximum absolute atomic E-state index is 13.1. The van der Waals surface area contributed by atoms with Crippen molar-refractivity contribution in [2.45, 2.75) is 34.7 Å². The molecular weight excluding hydrogens is 452 g/mol. The number of hydrogen-bond donors (Lipinski definition) is 1. The Morgan fingerprint density at radius 3 is 2.21 bits per heavy atom. The molecule has 10 heteroatoms. The smallest absolute Gasteiger partial charge is 0.226 e. The highest BCUT2D eigenvalue weighted by molar-refractivity contribution is 7.94. The third-order valence-corrected chi connectivity index (χ3v) is 9.46. The van der Waals surface area contributed by atoms with Crippen molar-refractivity contribution in [3.63, 3.8) is 0 Å². The fourth-order valence-corrected chi connectivity index (χ4v) is 6.57. The van der Waals surface area contributed by atoms with Crippen molar-refractivity contribution in [2.75, 3.05) is 11.1 Å². The first-order valence-corrected chi connectivity index (χ1v) is 13.0. The van der Waals surface area contributed by atoms with Crippen molar-refractivity contribution in [2.24, 2.45) is 0 Å². The number of sulfone groups is 2. The standard InChI is InChI=1S/C19H19ClN2O4S3/c1-3-28(23,24)19-22-18(29(25,26)16-10-8-15(20)9-11-16)17(27-19)21-12-14-6-4-13(2)5-7-14/h4-11,21H,3,12H2,1-2H3. The molecule has 3 rings (SSSR count). The minimum Gasteiger partial charge on any atom is -0.370 e. The summed E-state index contributed by atoms with van der Waals surface area (Å²) < 4.78 is 50.6. The Morgan fingerprint density at radius 1 is 1.00 bits per heavy atom. The molecule has 0 radical (unpaired) electrons. The lowest BCUT2D eigenvalue weighted by Crippen LogP contribution is -2.08. The van der Waals surface area contributed by atoms with Crippen molar-refractivity contribution < 1.29 is 16.8 Å². The fraction of sp³-hybridized carbons (Fsp3) is 0.211. The molecule has 0 bridgehead atoms. The lowest BCUT2D eigenvalue weighted by Gasteiger charge is -2.08. The molecule has 0 atom stereocenters. The van der Waals surface area contributed by atoms with Crippen molar-refractivity contribution in [3.8, 4) is 0 Å². The second-order valence-corrected chi connectivity index (χ2v) is 12.1. The average molecular weight is 471 g/mol. The number of benzene rings is 2. The molecule has 0 aliphatic heterocycles. The van der Waals surface area contributed by atoms with Crippen LogP contribution in [0.4, 0.5) is 5.00 Å². The van der Waals surface area contributed by atoms with E-state index in [1.165, 1.54) is 31.2 Å². The van der Waals surface area contributed by atoms with Crippen LogP contribution in [0.25, 0.3) is 0 Å². The largest absolute Gasteiger partial charge is 0.370 e. The van der Waals surface area contributed by atoms with Gasteiger partial charge in [0.2, 0.25) is 24.0 Å². The average Bonchev–Trinajstić information content (AvgIpc) is 3.14. The molecule has 154 valence electrons. The Kier molecular flexibility index (Phi) is 6.33. The highest BCUT2D eigenvalue weighted by Gasteiger charge is 2.30. The molecule has 0 spiro atoms. The van der Waals surface area contributed by atoms with E-state index in [1.54, 1.807) is 0 Å². The van der Waals surface area contributed by atoms with Gasteiger partial charge in [0.25, 0.3) is 0 Å². The van der Waals surface area contributed by atoms with E-state index in [9.17, 15) is 16.8 Å². The molecule has 0 saturated heterocycles. The first-order valence-electron chi connectivity index (χ1n) is 8.67. The van der Waals surface area contributed by atoms with E-state index >= 15 is 0 Å². The fourth-order valence-electron chi connectivity index (χ4n) is 2.45. The molecule has 0 aliphatic carbocycles. The molecule has 0 fully saturated rings. The number of hydrogen-bond acceptors (Lipinski definition) is 7. The van der Waals surface area contributed by atoms with Gasteiger partial charge in [-0.1, -0.05) is 59.7 Å². The molecular formula is C19H19ClN2O4S3. The SMILES string of the molecule is CCS(=O)(=O)c1nc(S(=O)(=O)c2ccc(Cl)cc2)c(NCc2ccc(C)cc2)s1. The molecule has 2 aromatic carbocycles. The minimum absolute atomic E-state index is 0.00830. The van der Waals surface area contributed by atoms with E-state index in [2.05, 4.69) is 10.3 Å². The van der Waals surface area contributed by atoms with Crippen LogP contribution >= 0.6 is 22.9 Å². The number of aryl methyl sites for hydroxylation is 1. The van der Waals surface area contributed by atoms with E-state index in [0.717, 1.165) is 22.5 Å². The van der Waals surface area contributed by atoms with Gasteiger partial charge < -0.3 is 5.32 Å². The number of rotatable bonds is 7. The van der Waals surface area contributed by atoms with E-state index in [4.69, 9.17) is 11.6 Å². The molecule has 29 heavy (non-hydrogen) atoms. The Hall–Kier alpha value is -1.94. The maximum atomic E-state index is 13.1. The summed E-state index contributed by atoms with van der Waals surface area (Å²) in [6.45, 7) is 3.79. The summed E-state index contributed by atoms with van der Waals surface area (Å²) in [4.78, 5) is 3.99. The van der Waals surface area contributed by atoms with Crippen LogP contribution in [-0.4, -0.2) is 27.6 Å². The summed E-state index contributed by atoms with van der Waals surface area (Å²) in [6, 6.07) is 13.4. The molecule has 0 amide bonds. The normalized spacial score (nSPS) is 12.1. The molecule has 3 aromatic rings. The Morgan fingerprint density at radius 2 is 1.62 bits per heavy atom. The van der Waals surface area contributed by atoms with Crippen molar-refractivity contribution >= 4 is 47.6 Å². The Labute approximate surface area is 179 Å². The maximum Gasteiger partial charge on any atom is 0.226 e. The van der Waals surface area contributed by atoms with Crippen LogP contribution in [0.3, 0.4) is 0 Å². The van der Waals surface area contributed by atoms with Crippen LogP contribution < -0.4 is 5.32 Å². The predicted octanol–water partition coefficient (Wildman–Crippen LogP) is 4.34. The Balaban J connectivity index is 2.04. The molecule has 0 saturated carbocycles. The van der Waals surface area contributed by atoms with Gasteiger partial charge in [-0.15, -0.1) is 0 Å². The Bertz CT molecular complexity index is 1220. The van der Waals surface area contributed by atoms with Gasteiger partial charge in [-0.25, -0.2) is 21.8 Å². The van der Waals surface area contributed by atoms with Crippen molar-refractivity contribution in [1.29, 1.82) is 0 Å². The van der Waals surface area contributed by atoms with Gasteiger partial charge in [0, 0.05) is 11.6 Å². The monoisotopic (exact) mass is 470 g/mol. The second kappa shape index (κ2) is 8.43. The lowest BCUT2D eigenvalue weighted by molar-refractivity contribution is 0.590. The summed E-state index contributed by atoms with van der Waals surface area (Å²) in [7, 11) is -7.69. The summed E-state index contributed by atoms with van der Waals surface area (Å²) in [5.41, 5.74) is 2.03. The zero-order valence-electron chi connectivity index (χ0n) is 15.7. The van der Waals surface area contributed by atoms with Crippen LogP contribution in [-0.2, 0) is 26.2 Å². The van der Waals surface area contributed by atoms with Crippen LogP contribution in [0.5, 0.6) is 0 Å². The number of thiazole rings is 1. The zero-order valence-corrected chi connectivity index (χ0v) is 18.9. The third-order valence-electron chi connectivity index (χ3n) is 4.17. The van der Waals surface area contributed by atoms with Gasteiger partial charge in [0.1, 0.15) is 5.00 Å². The summed E-state index contributed by atoms with van der Waals surface area (Å²) in [5, 5.41) is 3.32. The van der Waals surface area contributed by atoms with E-state index in [1.807, 2.05) is 31.2 Å². The van der Waals surface area contributed by atoms with Gasteiger partial charge in [-0.2, -0.15) is 0 Å². The molecule has 0 aliphatic rings. The third kappa shape index (κ3) is 4.80. The molecule has 1 N–H and O–H groups in total. The minimum atomic E-state index is -4.03. The summed E-state index contributed by atoms with van der Waals surface area (Å²) >= 11 is 6.67. The molecule has 6 nitrogen and oxygen atoms in total. The van der Waals surface area contributed by atoms with Crippen LogP contribution in [0, 0.1) is 6.92 Å². The number of aromatic nitrogens is 1. The van der Waals surface area contributed by atoms with Crippen molar-refractivity contribution in [3.05, 3.63) is 64.7 Å². The topological polar surface area (TPSA) is 93.2 Å². The lowest BCUT2D eigenvalue weighted by atomic mass is 10.1. The van der Waals surface area contributed by atoms with E-state index in [-0.39, 0.29) is 25.0 Å². The number of halogens is 1. The summed E-state index contributed by atoms with van der Waals surface area (Å²) in [6.07, 6.45) is 0. The van der Waals surface area contributed by atoms with Crippen molar-refractivity contribution in [1.82, 2.24) is 4.98 Å². The van der Waals surface area contributed by atoms with Gasteiger partial charge in [-0.05, 0) is 36.8 Å². The second-order valence-electron chi connectivity index (χ2n) is 6.31. The van der Waals surface area contributed by atoms with Gasteiger partial charge in [0.05, 0.1) is 10.6 Å². The van der Waals surface area contributed by atoms with Crippen LogP contribution in [0.1, 0.15) is 18.1 Å². The van der Waals surface area contributed by atoms with E-state index in [0.29, 0.717) is 11.6 Å². The summed E-state index contributed by atoms with van der Waals surface area (Å²) in [5.74, 6) is -0.168. The first kappa shape index (κ1) is 21.8. The number of nitrogens with zero attached hydrogens (tertiary/aromatic N) is 1. The van der Waals surface area contributed by atoms with Gasteiger partial charge >= 0.3 is 0 Å². The highest BCUT2D eigenvalue weighted by atomic mass is 35.5. The molecule has 1 aromatic heterocycles. The molecule has 1 heterocycles. The molecule has 0 unspecified atom stereocenters. The number of nitrogens with one attached hydrogen (secondary N) is 1. The highest BCUT2D eigenvalue weighted by Crippen LogP contribution is 2.35. The van der Waals surface area contributed by atoms with Gasteiger partial charge in [0.15, 0.2) is 5.03 Å².